The molecule has 0 saturated heterocycles. The van der Waals surface area contributed by atoms with E-state index in [9.17, 15) is 9.59 Å². The number of ether oxygens (including phenoxy) is 2. The zero-order valence-corrected chi connectivity index (χ0v) is 18.3. The molecular weight excluding hydrogens is 376 g/mol. The molecule has 30 heavy (non-hydrogen) atoms. The molecule has 4 heteroatoms. The first kappa shape index (κ1) is 23.7. The maximum atomic E-state index is 12.3. The van der Waals surface area contributed by atoms with Crippen molar-refractivity contribution in [2.75, 3.05) is 6.61 Å². The van der Waals surface area contributed by atoms with E-state index >= 15 is 0 Å². The standard InChI is InChI=1S/C26H34O4/c1-3-5-6-7-8-9-10-11-20-29-23-16-14-22(15-17-23)26(28)30-24-18-12-21(13-19-24)25(27)4-2/h12-19H,3-11,20H2,1-2H3. The van der Waals surface area contributed by atoms with Crippen LogP contribution in [0.25, 0.3) is 0 Å². The summed E-state index contributed by atoms with van der Waals surface area (Å²) in [6.45, 7) is 4.75. The van der Waals surface area contributed by atoms with Gasteiger partial charge in [-0.2, -0.15) is 0 Å². The van der Waals surface area contributed by atoms with Crippen molar-refractivity contribution in [3.05, 3.63) is 59.7 Å². The number of esters is 1. The summed E-state index contributed by atoms with van der Waals surface area (Å²) in [4.78, 5) is 24.0. The van der Waals surface area contributed by atoms with Gasteiger partial charge >= 0.3 is 5.97 Å². The van der Waals surface area contributed by atoms with Gasteiger partial charge in [-0.05, 0) is 55.0 Å². The molecule has 2 aromatic rings. The molecule has 162 valence electrons. The smallest absolute Gasteiger partial charge is 0.343 e. The molecule has 0 fully saturated rings. The van der Waals surface area contributed by atoms with E-state index in [0.29, 0.717) is 29.9 Å². The maximum Gasteiger partial charge on any atom is 0.343 e. The molecule has 0 bridgehead atoms. The molecule has 0 aliphatic rings. The molecule has 4 nitrogen and oxygen atoms in total. The summed E-state index contributed by atoms with van der Waals surface area (Å²) < 4.78 is 11.1. The third-order valence-electron chi connectivity index (χ3n) is 5.06. The van der Waals surface area contributed by atoms with Gasteiger partial charge in [-0.3, -0.25) is 4.79 Å². The fourth-order valence-corrected chi connectivity index (χ4v) is 3.19. The molecular formula is C26H34O4. The lowest BCUT2D eigenvalue weighted by molar-refractivity contribution is 0.0734. The number of ketones is 1. The van der Waals surface area contributed by atoms with Crippen LogP contribution >= 0.6 is 0 Å². The average molecular weight is 411 g/mol. The Morgan fingerprint density at radius 3 is 1.80 bits per heavy atom. The molecule has 0 aliphatic carbocycles. The van der Waals surface area contributed by atoms with Crippen molar-refractivity contribution in [1.29, 1.82) is 0 Å². The van der Waals surface area contributed by atoms with Crippen LogP contribution in [0, 0.1) is 0 Å². The van der Waals surface area contributed by atoms with E-state index < -0.39 is 5.97 Å². The Morgan fingerprint density at radius 1 is 0.667 bits per heavy atom. The molecule has 2 rings (SSSR count). The Morgan fingerprint density at radius 2 is 1.20 bits per heavy atom. The average Bonchev–Trinajstić information content (AvgIpc) is 2.78. The van der Waals surface area contributed by atoms with E-state index in [2.05, 4.69) is 6.92 Å². The molecule has 0 aromatic heterocycles. The van der Waals surface area contributed by atoms with E-state index in [4.69, 9.17) is 9.47 Å². The van der Waals surface area contributed by atoms with Gasteiger partial charge in [-0.25, -0.2) is 4.79 Å². The summed E-state index contributed by atoms with van der Waals surface area (Å²) in [6, 6.07) is 13.6. The van der Waals surface area contributed by atoms with Gasteiger partial charge < -0.3 is 9.47 Å². The van der Waals surface area contributed by atoms with Crippen LogP contribution in [0.2, 0.25) is 0 Å². The number of Topliss-reactive ketones (excluding diaryl/α,β-unsaturated/α-hetero) is 1. The van der Waals surface area contributed by atoms with Gasteiger partial charge in [-0.15, -0.1) is 0 Å². The van der Waals surface area contributed by atoms with Crippen molar-refractivity contribution in [2.45, 2.75) is 71.6 Å². The highest BCUT2D eigenvalue weighted by Crippen LogP contribution is 2.18. The first-order valence-electron chi connectivity index (χ1n) is 11.2. The van der Waals surface area contributed by atoms with Crippen molar-refractivity contribution in [1.82, 2.24) is 0 Å². The van der Waals surface area contributed by atoms with Crippen molar-refractivity contribution in [3.63, 3.8) is 0 Å². The number of benzene rings is 2. The minimum atomic E-state index is -0.431. The van der Waals surface area contributed by atoms with Gasteiger partial charge in [0.05, 0.1) is 12.2 Å². The summed E-state index contributed by atoms with van der Waals surface area (Å²) >= 11 is 0. The lowest BCUT2D eigenvalue weighted by atomic mass is 10.1. The molecule has 0 heterocycles. The minimum absolute atomic E-state index is 0.0652. The zero-order valence-electron chi connectivity index (χ0n) is 18.3. The molecule has 0 aliphatic heterocycles. The lowest BCUT2D eigenvalue weighted by Crippen LogP contribution is -2.08. The second-order valence-electron chi connectivity index (χ2n) is 7.54. The number of carbonyl (C=O) groups is 2. The fourth-order valence-electron chi connectivity index (χ4n) is 3.19. The maximum absolute atomic E-state index is 12.3. The van der Waals surface area contributed by atoms with Gasteiger partial charge in [0.15, 0.2) is 5.78 Å². The molecule has 0 unspecified atom stereocenters. The Labute approximate surface area is 180 Å². The van der Waals surface area contributed by atoms with Crippen LogP contribution in [0.1, 0.15) is 92.4 Å². The predicted octanol–water partition coefficient (Wildman–Crippen LogP) is 7.02. The van der Waals surface area contributed by atoms with E-state index in [0.717, 1.165) is 12.2 Å². The summed E-state index contributed by atoms with van der Waals surface area (Å²) in [7, 11) is 0. The first-order chi connectivity index (χ1) is 14.6. The zero-order chi connectivity index (χ0) is 21.6. The number of carbonyl (C=O) groups excluding carboxylic acids is 2. The normalized spacial score (nSPS) is 10.6. The van der Waals surface area contributed by atoms with Crippen LogP contribution in [0.15, 0.2) is 48.5 Å². The first-order valence-corrected chi connectivity index (χ1v) is 11.2. The Balaban J connectivity index is 1.69. The van der Waals surface area contributed by atoms with Crippen molar-refractivity contribution in [3.8, 4) is 11.5 Å². The number of hydrogen-bond acceptors (Lipinski definition) is 4. The second kappa shape index (κ2) is 13.6. The van der Waals surface area contributed by atoms with Crippen LogP contribution in [0.5, 0.6) is 11.5 Å². The van der Waals surface area contributed by atoms with Crippen LogP contribution in [-0.4, -0.2) is 18.4 Å². The number of rotatable bonds is 14. The Kier molecular flexibility index (Phi) is 10.7. The summed E-state index contributed by atoms with van der Waals surface area (Å²) in [5, 5.41) is 0. The van der Waals surface area contributed by atoms with Crippen LogP contribution in [0.3, 0.4) is 0 Å². The van der Waals surface area contributed by atoms with Crippen molar-refractivity contribution >= 4 is 11.8 Å². The van der Waals surface area contributed by atoms with E-state index in [1.54, 1.807) is 48.5 Å². The predicted molar refractivity (Wildman–Crippen MR) is 121 cm³/mol. The van der Waals surface area contributed by atoms with Gasteiger partial charge in [0.2, 0.25) is 0 Å². The summed E-state index contributed by atoms with van der Waals surface area (Å²) in [5.74, 6) is 0.814. The van der Waals surface area contributed by atoms with E-state index in [1.807, 2.05) is 6.92 Å². The molecule has 0 spiro atoms. The molecule has 0 radical (unpaired) electrons. The second-order valence-corrected chi connectivity index (χ2v) is 7.54. The third kappa shape index (κ3) is 8.40. The monoisotopic (exact) mass is 410 g/mol. The Bertz CT molecular complexity index is 763. The number of unbranched alkanes of at least 4 members (excludes halogenated alkanes) is 7. The van der Waals surface area contributed by atoms with Crippen LogP contribution in [0.4, 0.5) is 0 Å². The summed E-state index contributed by atoms with van der Waals surface area (Å²) in [6.07, 6.45) is 10.6. The largest absolute Gasteiger partial charge is 0.494 e. The molecule has 0 atom stereocenters. The van der Waals surface area contributed by atoms with Gasteiger partial charge in [0.25, 0.3) is 0 Å². The van der Waals surface area contributed by atoms with Gasteiger partial charge in [0.1, 0.15) is 11.5 Å². The molecule has 2 aromatic carbocycles. The molecule has 0 saturated carbocycles. The van der Waals surface area contributed by atoms with E-state index in [1.165, 1.54) is 44.9 Å². The highest BCUT2D eigenvalue weighted by atomic mass is 16.5. The highest BCUT2D eigenvalue weighted by molar-refractivity contribution is 5.96. The topological polar surface area (TPSA) is 52.6 Å². The van der Waals surface area contributed by atoms with Crippen molar-refractivity contribution in [2.24, 2.45) is 0 Å². The minimum Gasteiger partial charge on any atom is -0.494 e. The fraction of sp³-hybridized carbons (Fsp3) is 0.462. The van der Waals surface area contributed by atoms with Gasteiger partial charge in [-0.1, -0.05) is 58.8 Å². The molecule has 0 N–H and O–H groups in total. The van der Waals surface area contributed by atoms with Crippen LogP contribution < -0.4 is 9.47 Å². The Hall–Kier alpha value is -2.62. The third-order valence-corrected chi connectivity index (χ3v) is 5.06. The van der Waals surface area contributed by atoms with Crippen molar-refractivity contribution < 1.29 is 19.1 Å². The quantitative estimate of drug-likeness (QED) is 0.145. The molecule has 0 amide bonds. The lowest BCUT2D eigenvalue weighted by Gasteiger charge is -2.08. The highest BCUT2D eigenvalue weighted by Gasteiger charge is 2.10. The SMILES string of the molecule is CCCCCCCCCCOc1ccc(C(=O)Oc2ccc(C(=O)CC)cc2)cc1. The van der Waals surface area contributed by atoms with Gasteiger partial charge in [0, 0.05) is 12.0 Å². The summed E-state index contributed by atoms with van der Waals surface area (Å²) in [5.41, 5.74) is 1.08. The number of hydrogen-bond donors (Lipinski definition) is 0. The van der Waals surface area contributed by atoms with Crippen LogP contribution in [-0.2, 0) is 0 Å². The van der Waals surface area contributed by atoms with E-state index in [-0.39, 0.29) is 5.78 Å².